The second-order valence-corrected chi connectivity index (χ2v) is 6.25. The molecule has 0 aromatic carbocycles. The summed E-state index contributed by atoms with van der Waals surface area (Å²) in [6.07, 6.45) is 0.526. The summed E-state index contributed by atoms with van der Waals surface area (Å²) in [5.41, 5.74) is 3.77. The van der Waals surface area contributed by atoms with Crippen LogP contribution in [0.2, 0.25) is 0 Å². The van der Waals surface area contributed by atoms with Crippen LogP contribution in [0.1, 0.15) is 27.2 Å². The van der Waals surface area contributed by atoms with E-state index in [-0.39, 0.29) is 16.8 Å². The maximum absolute atomic E-state index is 9.83. The second kappa shape index (κ2) is 4.02. The van der Waals surface area contributed by atoms with Gasteiger partial charge in [0.05, 0.1) is 28.9 Å². The fourth-order valence-corrected chi connectivity index (χ4v) is 3.67. The highest BCUT2D eigenvalue weighted by Crippen LogP contribution is 2.62. The lowest BCUT2D eigenvalue weighted by Gasteiger charge is -2.59. The molecule has 0 aromatic rings. The molecule has 2 aliphatic heterocycles. The smallest absolute Gasteiger partial charge is 0.150 e. The number of allylic oxidation sites excluding steroid dienone is 2. The third kappa shape index (κ3) is 1.42. The molecule has 1 saturated heterocycles. The summed E-state index contributed by atoms with van der Waals surface area (Å²) in [5, 5.41) is 40.8. The van der Waals surface area contributed by atoms with E-state index in [1.807, 2.05) is 39.0 Å². The molecule has 3 N–H and O–H groups in total. The van der Waals surface area contributed by atoms with Crippen LogP contribution in [0.5, 0.6) is 0 Å². The lowest BCUT2D eigenvalue weighted by molar-refractivity contribution is 0.0771. The molecule has 2 bridgehead atoms. The van der Waals surface area contributed by atoms with Crippen LogP contribution in [0.4, 0.5) is 0 Å². The minimum Gasteiger partial charge on any atom is -0.399 e. The molecule has 3 aliphatic rings. The van der Waals surface area contributed by atoms with Gasteiger partial charge in [-0.05, 0) is 18.8 Å². The van der Waals surface area contributed by atoms with E-state index < -0.39 is 16.4 Å². The summed E-state index contributed by atoms with van der Waals surface area (Å²) < 4.78 is 0. The first-order chi connectivity index (χ1) is 9.74. The van der Waals surface area contributed by atoms with Crippen molar-refractivity contribution in [1.82, 2.24) is 5.32 Å². The summed E-state index contributed by atoms with van der Waals surface area (Å²) in [6.45, 7) is 5.52. The number of rotatable bonds is 0. The van der Waals surface area contributed by atoms with Gasteiger partial charge < -0.3 is 11.1 Å². The van der Waals surface area contributed by atoms with Gasteiger partial charge in [0, 0.05) is 5.70 Å². The summed E-state index contributed by atoms with van der Waals surface area (Å²) in [5.74, 6) is 0. The van der Waals surface area contributed by atoms with E-state index in [0.29, 0.717) is 12.1 Å². The van der Waals surface area contributed by atoms with E-state index in [9.17, 15) is 21.0 Å². The first-order valence-electron chi connectivity index (χ1n) is 6.39. The van der Waals surface area contributed by atoms with Gasteiger partial charge >= 0.3 is 0 Å². The summed E-state index contributed by atoms with van der Waals surface area (Å²) in [7, 11) is 0. The van der Waals surface area contributed by atoms with Crippen LogP contribution >= 0.6 is 0 Å². The maximum Gasteiger partial charge on any atom is 0.150 e. The Bertz CT molecular complexity index is 742. The van der Waals surface area contributed by atoms with E-state index in [1.54, 1.807) is 0 Å². The second-order valence-electron chi connectivity index (χ2n) is 6.25. The van der Waals surface area contributed by atoms with Gasteiger partial charge in [0.2, 0.25) is 0 Å². The Morgan fingerprint density at radius 3 is 2.14 bits per heavy atom. The van der Waals surface area contributed by atoms with Crippen LogP contribution in [0.3, 0.4) is 0 Å². The minimum absolute atomic E-state index is 0.139. The fraction of sp³-hybridized carbons (Fsp3) is 0.467. The molecule has 0 amide bonds. The maximum atomic E-state index is 9.83. The monoisotopic (exact) mass is 278 g/mol. The van der Waals surface area contributed by atoms with Gasteiger partial charge in [-0.1, -0.05) is 13.8 Å². The quantitative estimate of drug-likeness (QED) is 0.642. The Hall–Kier alpha value is -2.96. The fourth-order valence-electron chi connectivity index (χ4n) is 3.67. The molecule has 104 valence electrons. The van der Waals surface area contributed by atoms with E-state index in [2.05, 4.69) is 11.4 Å². The van der Waals surface area contributed by atoms with Gasteiger partial charge in [0.1, 0.15) is 17.6 Å². The topological polar surface area (TPSA) is 133 Å². The molecule has 0 unspecified atom stereocenters. The lowest BCUT2D eigenvalue weighted by Crippen LogP contribution is -2.66. The van der Waals surface area contributed by atoms with Gasteiger partial charge in [0.25, 0.3) is 0 Å². The van der Waals surface area contributed by atoms with Crippen molar-refractivity contribution in [3.05, 3.63) is 22.5 Å². The number of hydrogen-bond donors (Lipinski definition) is 2. The zero-order valence-electron chi connectivity index (χ0n) is 12.1. The number of nitriles is 4. The molecular formula is C15H14N6. The third-order valence-corrected chi connectivity index (χ3v) is 4.58. The van der Waals surface area contributed by atoms with E-state index in [0.717, 1.165) is 0 Å². The van der Waals surface area contributed by atoms with Crippen molar-refractivity contribution in [3.63, 3.8) is 0 Å². The number of nitrogens with zero attached hydrogens (tertiary/aromatic N) is 4. The number of nitrogens with two attached hydrogens (primary N) is 1. The Balaban J connectivity index is 3.03. The molecule has 0 radical (unpaired) electrons. The number of piperidine rings is 1. The highest BCUT2D eigenvalue weighted by Gasteiger charge is 2.65. The molecule has 0 saturated carbocycles. The summed E-state index contributed by atoms with van der Waals surface area (Å²) in [4.78, 5) is 0. The third-order valence-electron chi connectivity index (χ3n) is 4.58. The van der Waals surface area contributed by atoms with Gasteiger partial charge in [0.15, 0.2) is 5.57 Å². The first-order valence-corrected chi connectivity index (χ1v) is 6.39. The molecule has 6 heteroatoms. The zero-order valence-corrected chi connectivity index (χ0v) is 12.1. The van der Waals surface area contributed by atoms with Gasteiger partial charge in [-0.15, -0.1) is 0 Å². The largest absolute Gasteiger partial charge is 0.399 e. The van der Waals surface area contributed by atoms with Crippen molar-refractivity contribution in [1.29, 1.82) is 21.0 Å². The van der Waals surface area contributed by atoms with Crippen molar-refractivity contribution in [2.24, 2.45) is 16.6 Å². The van der Waals surface area contributed by atoms with E-state index >= 15 is 0 Å². The van der Waals surface area contributed by atoms with Crippen molar-refractivity contribution in [2.45, 2.75) is 32.7 Å². The summed E-state index contributed by atoms with van der Waals surface area (Å²) >= 11 is 0. The highest BCUT2D eigenvalue weighted by atomic mass is 15.1. The molecule has 3 rings (SSSR count). The van der Waals surface area contributed by atoms with Crippen molar-refractivity contribution < 1.29 is 0 Å². The average Bonchev–Trinajstić information content (AvgIpc) is 2.41. The van der Waals surface area contributed by atoms with Gasteiger partial charge in [-0.25, -0.2) is 0 Å². The number of nitrogens with one attached hydrogen (secondary N) is 1. The SMILES string of the molecule is CC1(C)C[C@]2(C)NC(=C(C#N)C#N)[C@@]1(C#N)C(C#N)=C2N. The molecule has 0 aromatic heterocycles. The molecule has 0 spiro atoms. The average molecular weight is 278 g/mol. The van der Waals surface area contributed by atoms with Crippen LogP contribution in [0, 0.1) is 56.2 Å². The van der Waals surface area contributed by atoms with Crippen LogP contribution in [-0.4, -0.2) is 5.54 Å². The Kier molecular flexibility index (Phi) is 2.76. The van der Waals surface area contributed by atoms with Crippen molar-refractivity contribution >= 4 is 0 Å². The number of fused-ring (bicyclic) bond motifs is 2. The first kappa shape index (κ1) is 14.4. The predicted molar refractivity (Wildman–Crippen MR) is 73.1 cm³/mol. The van der Waals surface area contributed by atoms with Crippen LogP contribution < -0.4 is 11.1 Å². The van der Waals surface area contributed by atoms with Gasteiger partial charge in [-0.2, -0.15) is 21.0 Å². The standard InChI is InChI=1S/C15H14N6/c1-13(2)7-14(3)11(20)10(6-18)15(13,8-19)12(21-14)9(4-16)5-17/h21H,7,20H2,1-3H3/t14-,15+/m0/s1. The molecule has 1 fully saturated rings. The molecule has 2 atom stereocenters. The minimum atomic E-state index is -1.40. The molecule has 21 heavy (non-hydrogen) atoms. The zero-order chi connectivity index (χ0) is 16.1. The van der Waals surface area contributed by atoms with Crippen LogP contribution in [0.15, 0.2) is 22.5 Å². The molecule has 2 heterocycles. The molecule has 1 aliphatic carbocycles. The highest BCUT2D eigenvalue weighted by molar-refractivity contribution is 5.62. The number of hydrogen-bond acceptors (Lipinski definition) is 6. The normalized spacial score (nSPS) is 32.2. The Morgan fingerprint density at radius 1 is 1.14 bits per heavy atom. The Morgan fingerprint density at radius 2 is 1.71 bits per heavy atom. The van der Waals surface area contributed by atoms with E-state index in [4.69, 9.17) is 5.73 Å². The van der Waals surface area contributed by atoms with Crippen LogP contribution in [-0.2, 0) is 0 Å². The lowest BCUT2D eigenvalue weighted by atomic mass is 9.48. The van der Waals surface area contributed by atoms with Crippen LogP contribution in [0.25, 0.3) is 0 Å². The van der Waals surface area contributed by atoms with Gasteiger partial charge in [-0.3, -0.25) is 0 Å². The molecule has 6 nitrogen and oxygen atoms in total. The van der Waals surface area contributed by atoms with Crippen molar-refractivity contribution in [2.75, 3.05) is 0 Å². The van der Waals surface area contributed by atoms with Crippen molar-refractivity contribution in [3.8, 4) is 24.3 Å². The van der Waals surface area contributed by atoms with E-state index in [1.165, 1.54) is 0 Å². The Labute approximate surface area is 123 Å². The predicted octanol–water partition coefficient (Wildman–Crippen LogP) is 1.33. The molecular weight excluding hydrogens is 264 g/mol. The summed E-state index contributed by atoms with van der Waals surface area (Å²) in [6, 6.07) is 7.81.